The van der Waals surface area contributed by atoms with E-state index in [2.05, 4.69) is 22.8 Å². The van der Waals surface area contributed by atoms with Crippen molar-refractivity contribution in [2.75, 3.05) is 39.1 Å². The molecule has 152 valence electrons. The Morgan fingerprint density at radius 1 is 1.11 bits per heavy atom. The van der Waals surface area contributed by atoms with E-state index in [1.807, 2.05) is 18.2 Å². The molecule has 0 saturated carbocycles. The second-order valence-electron chi connectivity index (χ2n) is 7.46. The van der Waals surface area contributed by atoms with Crippen LogP contribution in [0.4, 0.5) is 0 Å². The lowest BCUT2D eigenvalue weighted by atomic mass is 9.74. The Morgan fingerprint density at radius 3 is 2.26 bits per heavy atom. The maximum Gasteiger partial charge on any atom is 0.241 e. The normalized spacial score (nSPS) is 21.7. The maximum absolute atomic E-state index is 13.0. The molecule has 8 heteroatoms. The lowest BCUT2D eigenvalue weighted by Gasteiger charge is -2.40. The molecule has 0 bridgehead atoms. The Balaban J connectivity index is 0.00000261. The number of benzene rings is 1. The van der Waals surface area contributed by atoms with Gasteiger partial charge in [-0.25, -0.2) is 8.42 Å². The van der Waals surface area contributed by atoms with E-state index in [0.717, 1.165) is 12.8 Å². The highest BCUT2D eigenvalue weighted by molar-refractivity contribution is 7.92. The predicted molar refractivity (Wildman–Crippen MR) is 108 cm³/mol. The molecule has 0 unspecified atom stereocenters. The van der Waals surface area contributed by atoms with Crippen LogP contribution >= 0.6 is 12.4 Å². The fourth-order valence-electron chi connectivity index (χ4n) is 4.13. The molecule has 2 fully saturated rings. The first-order valence-corrected chi connectivity index (χ1v) is 11.1. The van der Waals surface area contributed by atoms with Crippen LogP contribution < -0.4 is 10.6 Å². The van der Waals surface area contributed by atoms with Gasteiger partial charge in [-0.15, -0.1) is 12.4 Å². The SMILES string of the molecule is CS(=O)(=O)C1(C(=O)NCC2(c3ccccc3)CCOCC2)CCNCC1.Cl. The molecule has 1 amide bonds. The third kappa shape index (κ3) is 4.47. The molecule has 2 N–H and O–H groups in total. The van der Waals surface area contributed by atoms with Gasteiger partial charge in [-0.2, -0.15) is 0 Å². The molecule has 0 aromatic heterocycles. The summed E-state index contributed by atoms with van der Waals surface area (Å²) in [5.41, 5.74) is 0.961. The van der Waals surface area contributed by atoms with Crippen molar-refractivity contribution in [3.63, 3.8) is 0 Å². The third-order valence-corrected chi connectivity index (χ3v) is 7.97. The van der Waals surface area contributed by atoms with Crippen molar-refractivity contribution in [3.05, 3.63) is 35.9 Å². The zero-order chi connectivity index (χ0) is 18.7. The summed E-state index contributed by atoms with van der Waals surface area (Å²) in [6, 6.07) is 10.1. The summed E-state index contributed by atoms with van der Waals surface area (Å²) in [6.45, 7) is 2.80. The Morgan fingerprint density at radius 2 is 1.70 bits per heavy atom. The zero-order valence-corrected chi connectivity index (χ0v) is 17.3. The largest absolute Gasteiger partial charge is 0.381 e. The number of hydrogen-bond acceptors (Lipinski definition) is 5. The van der Waals surface area contributed by atoms with E-state index in [1.54, 1.807) is 0 Å². The molecule has 2 heterocycles. The van der Waals surface area contributed by atoms with Crippen molar-refractivity contribution in [1.29, 1.82) is 0 Å². The van der Waals surface area contributed by atoms with E-state index < -0.39 is 14.6 Å². The van der Waals surface area contributed by atoms with Crippen molar-refractivity contribution < 1.29 is 17.9 Å². The van der Waals surface area contributed by atoms with Gasteiger partial charge in [0, 0.05) is 31.4 Å². The third-order valence-electron chi connectivity index (χ3n) is 5.96. The number of amides is 1. The van der Waals surface area contributed by atoms with Crippen LogP contribution in [0.1, 0.15) is 31.2 Å². The molecule has 1 aromatic rings. The van der Waals surface area contributed by atoms with E-state index in [1.165, 1.54) is 11.8 Å². The van der Waals surface area contributed by atoms with Crippen LogP contribution in [0.5, 0.6) is 0 Å². The molecule has 1 aromatic carbocycles. The summed E-state index contributed by atoms with van der Waals surface area (Å²) >= 11 is 0. The molecule has 2 aliphatic heterocycles. The van der Waals surface area contributed by atoms with Gasteiger partial charge in [0.25, 0.3) is 0 Å². The Hall–Kier alpha value is -1.15. The van der Waals surface area contributed by atoms with Crippen LogP contribution in [0.2, 0.25) is 0 Å². The number of ether oxygens (including phenoxy) is 1. The number of nitrogens with one attached hydrogen (secondary N) is 2. The maximum atomic E-state index is 13.0. The summed E-state index contributed by atoms with van der Waals surface area (Å²) < 4.78 is 29.1. The smallest absolute Gasteiger partial charge is 0.241 e. The van der Waals surface area contributed by atoms with Gasteiger partial charge in [0.15, 0.2) is 14.6 Å². The van der Waals surface area contributed by atoms with Gasteiger partial charge in [-0.3, -0.25) is 4.79 Å². The molecule has 0 spiro atoms. The number of piperidine rings is 1. The number of halogens is 1. The van der Waals surface area contributed by atoms with Crippen LogP contribution in [0.15, 0.2) is 30.3 Å². The summed E-state index contributed by atoms with van der Waals surface area (Å²) in [5, 5.41) is 6.15. The molecule has 27 heavy (non-hydrogen) atoms. The molecule has 2 aliphatic rings. The monoisotopic (exact) mass is 416 g/mol. The summed E-state index contributed by atoms with van der Waals surface area (Å²) in [7, 11) is -3.50. The van der Waals surface area contributed by atoms with Gasteiger partial charge in [0.2, 0.25) is 5.91 Å². The number of hydrogen-bond donors (Lipinski definition) is 2. The van der Waals surface area contributed by atoms with Crippen molar-refractivity contribution in [2.45, 2.75) is 35.8 Å². The summed E-state index contributed by atoms with van der Waals surface area (Å²) in [5.74, 6) is -0.358. The average molecular weight is 417 g/mol. The van der Waals surface area contributed by atoms with Gasteiger partial charge < -0.3 is 15.4 Å². The fraction of sp³-hybridized carbons (Fsp3) is 0.632. The first-order valence-electron chi connectivity index (χ1n) is 9.22. The first-order chi connectivity index (χ1) is 12.4. The molecular formula is C19H29ClN2O4S. The Kier molecular flexibility index (Phi) is 7.30. The highest BCUT2D eigenvalue weighted by Gasteiger charge is 2.49. The van der Waals surface area contributed by atoms with Crippen LogP contribution in [0.3, 0.4) is 0 Å². The average Bonchev–Trinajstić information content (AvgIpc) is 2.67. The second-order valence-corrected chi connectivity index (χ2v) is 9.78. The van der Waals surface area contributed by atoms with E-state index in [4.69, 9.17) is 4.74 Å². The Bertz CT molecular complexity index is 727. The van der Waals surface area contributed by atoms with Gasteiger partial charge in [-0.1, -0.05) is 30.3 Å². The quantitative estimate of drug-likeness (QED) is 0.758. The summed E-state index contributed by atoms with van der Waals surface area (Å²) in [6.07, 6.45) is 3.44. The minimum Gasteiger partial charge on any atom is -0.381 e. The standard InChI is InChI=1S/C19H28N2O4S.ClH/c1-26(23,24)19(7-11-20-12-8-19)17(22)21-15-18(9-13-25-14-10-18)16-5-3-2-4-6-16;/h2-6,20H,7-15H2,1H3,(H,21,22);1H. The van der Waals surface area contributed by atoms with Gasteiger partial charge >= 0.3 is 0 Å². The van der Waals surface area contributed by atoms with Crippen LogP contribution in [-0.4, -0.2) is 58.2 Å². The molecule has 3 rings (SSSR count). The number of carbonyl (C=O) groups is 1. The van der Waals surface area contributed by atoms with E-state index >= 15 is 0 Å². The predicted octanol–water partition coefficient (Wildman–Crippen LogP) is 1.44. The highest BCUT2D eigenvalue weighted by Crippen LogP contribution is 2.35. The lowest BCUT2D eigenvalue weighted by Crippen LogP contribution is -2.59. The highest BCUT2D eigenvalue weighted by atomic mass is 35.5. The van der Waals surface area contributed by atoms with Gasteiger partial charge in [0.05, 0.1) is 0 Å². The number of sulfone groups is 1. The number of carbonyl (C=O) groups excluding carboxylic acids is 1. The van der Waals surface area contributed by atoms with Crippen LogP contribution in [-0.2, 0) is 24.8 Å². The molecule has 2 saturated heterocycles. The fourth-order valence-corrected chi connectivity index (χ4v) is 5.48. The van der Waals surface area contributed by atoms with Crippen molar-refractivity contribution in [1.82, 2.24) is 10.6 Å². The van der Waals surface area contributed by atoms with Crippen molar-refractivity contribution in [3.8, 4) is 0 Å². The lowest BCUT2D eigenvalue weighted by molar-refractivity contribution is -0.124. The zero-order valence-electron chi connectivity index (χ0n) is 15.7. The van der Waals surface area contributed by atoms with Crippen LogP contribution in [0, 0.1) is 0 Å². The minimum atomic E-state index is -3.50. The Labute approximate surface area is 167 Å². The topological polar surface area (TPSA) is 84.5 Å². The van der Waals surface area contributed by atoms with Gasteiger partial charge in [-0.05, 0) is 44.3 Å². The molecular weight excluding hydrogens is 388 g/mol. The molecule has 0 atom stereocenters. The van der Waals surface area contributed by atoms with E-state index in [0.29, 0.717) is 45.7 Å². The van der Waals surface area contributed by atoms with Crippen LogP contribution in [0.25, 0.3) is 0 Å². The minimum absolute atomic E-state index is 0. The summed E-state index contributed by atoms with van der Waals surface area (Å²) in [4.78, 5) is 13.0. The van der Waals surface area contributed by atoms with Gasteiger partial charge in [0.1, 0.15) is 0 Å². The molecule has 0 radical (unpaired) electrons. The number of rotatable bonds is 5. The van der Waals surface area contributed by atoms with E-state index in [9.17, 15) is 13.2 Å². The van der Waals surface area contributed by atoms with Crippen molar-refractivity contribution >= 4 is 28.2 Å². The first kappa shape index (κ1) is 22.1. The molecule has 0 aliphatic carbocycles. The second kappa shape index (κ2) is 8.90. The molecule has 6 nitrogen and oxygen atoms in total. The van der Waals surface area contributed by atoms with E-state index in [-0.39, 0.29) is 23.7 Å². The van der Waals surface area contributed by atoms with Crippen molar-refractivity contribution in [2.24, 2.45) is 0 Å².